The van der Waals surface area contributed by atoms with Crippen LogP contribution in [-0.2, 0) is 9.53 Å². The van der Waals surface area contributed by atoms with Crippen LogP contribution in [0.2, 0.25) is 0 Å². The van der Waals surface area contributed by atoms with Crippen molar-refractivity contribution >= 4 is 17.5 Å². The molecule has 0 aliphatic carbocycles. The number of anilines is 2. The van der Waals surface area contributed by atoms with Gasteiger partial charge in [-0.3, -0.25) is 4.79 Å². The molecule has 172 valence electrons. The number of nitrogens with zero attached hydrogens (tertiary/aromatic N) is 2. The lowest BCUT2D eigenvalue weighted by molar-refractivity contribution is -0.120. The predicted octanol–water partition coefficient (Wildman–Crippen LogP) is 4.09. The van der Waals surface area contributed by atoms with Gasteiger partial charge in [0.15, 0.2) is 0 Å². The maximum absolute atomic E-state index is 12.6. The molecule has 2 aromatic rings. The Kier molecular flexibility index (Phi) is 7.06. The lowest BCUT2D eigenvalue weighted by atomic mass is 9.88. The van der Waals surface area contributed by atoms with Crippen molar-refractivity contribution in [1.82, 2.24) is 15.3 Å². The molecule has 7 nitrogen and oxygen atoms in total. The monoisotopic (exact) mass is 437 g/mol. The van der Waals surface area contributed by atoms with Crippen LogP contribution >= 0.6 is 0 Å². The molecular formula is C25H35N5O2. The molecule has 0 unspecified atom stereocenters. The molecule has 7 heteroatoms. The van der Waals surface area contributed by atoms with Gasteiger partial charge in [-0.05, 0) is 76.6 Å². The molecular weight excluding hydrogens is 402 g/mol. The van der Waals surface area contributed by atoms with Crippen molar-refractivity contribution in [2.24, 2.45) is 11.8 Å². The van der Waals surface area contributed by atoms with E-state index < -0.39 is 0 Å². The third-order valence-corrected chi connectivity index (χ3v) is 6.46. The Morgan fingerprint density at radius 1 is 1.22 bits per heavy atom. The number of pyridine rings is 2. The van der Waals surface area contributed by atoms with Crippen molar-refractivity contribution in [2.45, 2.75) is 58.1 Å². The van der Waals surface area contributed by atoms with Gasteiger partial charge in [-0.25, -0.2) is 9.97 Å². The van der Waals surface area contributed by atoms with Crippen LogP contribution in [0.5, 0.6) is 0 Å². The summed E-state index contributed by atoms with van der Waals surface area (Å²) in [5, 5.41) is 9.86. The number of nitrogens with one attached hydrogen (secondary N) is 3. The number of ether oxygens (including phenoxy) is 1. The van der Waals surface area contributed by atoms with E-state index in [4.69, 9.17) is 9.72 Å². The van der Waals surface area contributed by atoms with E-state index in [1.807, 2.05) is 30.3 Å². The molecule has 2 aliphatic heterocycles. The Morgan fingerprint density at radius 2 is 2.09 bits per heavy atom. The van der Waals surface area contributed by atoms with Crippen LogP contribution in [-0.4, -0.2) is 47.2 Å². The fourth-order valence-electron chi connectivity index (χ4n) is 4.58. The minimum absolute atomic E-state index is 0.0162. The standard InChI is InChI=1S/C25H35N5O2/c1-17-7-8-20(16-27-17)24(31)30-23-13-19(9-11-26-23)21-5-4-6-22(29-21)28-15-18-10-12-32-25(2,3)14-18/h4-6,9,11,13,17-18,20,27H,7-8,10,12,14-16H2,1-3H3,(H,28,29)(H,26,30,31)/t17-,18-,20-/m1/s1. The largest absolute Gasteiger partial charge is 0.376 e. The van der Waals surface area contributed by atoms with E-state index >= 15 is 0 Å². The van der Waals surface area contributed by atoms with Gasteiger partial charge in [0.2, 0.25) is 5.91 Å². The van der Waals surface area contributed by atoms with Gasteiger partial charge in [-0.1, -0.05) is 6.07 Å². The summed E-state index contributed by atoms with van der Waals surface area (Å²) in [4.78, 5) is 21.8. The smallest absolute Gasteiger partial charge is 0.229 e. The van der Waals surface area contributed by atoms with E-state index in [-0.39, 0.29) is 17.4 Å². The molecule has 32 heavy (non-hydrogen) atoms. The van der Waals surface area contributed by atoms with E-state index in [1.165, 1.54) is 0 Å². The zero-order chi connectivity index (χ0) is 22.6. The van der Waals surface area contributed by atoms with Crippen LogP contribution in [0.15, 0.2) is 36.5 Å². The van der Waals surface area contributed by atoms with Gasteiger partial charge in [-0.2, -0.15) is 0 Å². The molecule has 0 aromatic carbocycles. The van der Waals surface area contributed by atoms with Gasteiger partial charge in [0.25, 0.3) is 0 Å². The third kappa shape index (κ3) is 6.04. The summed E-state index contributed by atoms with van der Waals surface area (Å²) >= 11 is 0. The molecule has 2 aliphatic rings. The van der Waals surface area contributed by atoms with Crippen molar-refractivity contribution in [3.8, 4) is 11.3 Å². The van der Waals surface area contributed by atoms with Crippen LogP contribution in [0.3, 0.4) is 0 Å². The summed E-state index contributed by atoms with van der Waals surface area (Å²) in [7, 11) is 0. The van der Waals surface area contributed by atoms with E-state index in [0.29, 0.717) is 24.3 Å². The summed E-state index contributed by atoms with van der Waals surface area (Å²) in [6.07, 6.45) is 5.75. The molecule has 4 heterocycles. The first-order valence-corrected chi connectivity index (χ1v) is 11.7. The van der Waals surface area contributed by atoms with Crippen LogP contribution in [0.25, 0.3) is 11.3 Å². The van der Waals surface area contributed by atoms with Crippen LogP contribution in [0.1, 0.15) is 46.5 Å². The number of aromatic nitrogens is 2. The second-order valence-electron chi connectivity index (χ2n) is 9.76. The summed E-state index contributed by atoms with van der Waals surface area (Å²) in [6, 6.07) is 10.3. The summed E-state index contributed by atoms with van der Waals surface area (Å²) in [5.41, 5.74) is 1.74. The third-order valence-electron chi connectivity index (χ3n) is 6.46. The highest BCUT2D eigenvalue weighted by molar-refractivity contribution is 5.92. The zero-order valence-electron chi connectivity index (χ0n) is 19.4. The molecule has 2 saturated heterocycles. The molecule has 0 spiro atoms. The number of piperidine rings is 1. The number of hydrogen-bond acceptors (Lipinski definition) is 6. The second-order valence-corrected chi connectivity index (χ2v) is 9.76. The maximum Gasteiger partial charge on any atom is 0.229 e. The molecule has 3 atom stereocenters. The van der Waals surface area contributed by atoms with Crippen molar-refractivity contribution in [3.05, 3.63) is 36.5 Å². The van der Waals surface area contributed by atoms with Gasteiger partial charge < -0.3 is 20.7 Å². The average Bonchev–Trinajstić information content (AvgIpc) is 2.78. The van der Waals surface area contributed by atoms with Crippen LogP contribution < -0.4 is 16.0 Å². The minimum Gasteiger partial charge on any atom is -0.376 e. The Morgan fingerprint density at radius 3 is 2.88 bits per heavy atom. The first-order chi connectivity index (χ1) is 15.4. The highest BCUT2D eigenvalue weighted by Crippen LogP contribution is 2.29. The molecule has 0 radical (unpaired) electrons. The lowest BCUT2D eigenvalue weighted by Crippen LogP contribution is -2.41. The first kappa shape index (κ1) is 22.7. The van der Waals surface area contributed by atoms with E-state index in [2.05, 4.69) is 41.7 Å². The number of amides is 1. The van der Waals surface area contributed by atoms with Gasteiger partial charge in [-0.15, -0.1) is 0 Å². The van der Waals surface area contributed by atoms with Gasteiger partial charge >= 0.3 is 0 Å². The molecule has 2 fully saturated rings. The van der Waals surface area contributed by atoms with Crippen molar-refractivity contribution in [1.29, 1.82) is 0 Å². The van der Waals surface area contributed by atoms with Gasteiger partial charge in [0, 0.05) is 37.5 Å². The first-order valence-electron chi connectivity index (χ1n) is 11.7. The van der Waals surface area contributed by atoms with Crippen molar-refractivity contribution in [3.63, 3.8) is 0 Å². The predicted molar refractivity (Wildman–Crippen MR) is 128 cm³/mol. The topological polar surface area (TPSA) is 88.2 Å². The van der Waals surface area contributed by atoms with E-state index in [0.717, 1.165) is 55.9 Å². The fraction of sp³-hybridized carbons (Fsp3) is 0.560. The Balaban J connectivity index is 1.38. The lowest BCUT2D eigenvalue weighted by Gasteiger charge is -2.35. The van der Waals surface area contributed by atoms with Gasteiger partial charge in [0.05, 0.1) is 17.2 Å². The number of carbonyl (C=O) groups is 1. The van der Waals surface area contributed by atoms with Crippen molar-refractivity contribution < 1.29 is 9.53 Å². The molecule has 3 N–H and O–H groups in total. The van der Waals surface area contributed by atoms with E-state index in [9.17, 15) is 4.79 Å². The van der Waals surface area contributed by atoms with Crippen molar-refractivity contribution in [2.75, 3.05) is 30.3 Å². The summed E-state index contributed by atoms with van der Waals surface area (Å²) < 4.78 is 5.82. The maximum atomic E-state index is 12.6. The second kappa shape index (κ2) is 9.96. The summed E-state index contributed by atoms with van der Waals surface area (Å²) in [5.74, 6) is 2.01. The van der Waals surface area contributed by atoms with Gasteiger partial charge in [0.1, 0.15) is 11.6 Å². The number of rotatable bonds is 6. The number of hydrogen-bond donors (Lipinski definition) is 3. The Bertz CT molecular complexity index is 924. The molecule has 0 bridgehead atoms. The quantitative estimate of drug-likeness (QED) is 0.631. The number of carbonyl (C=O) groups excluding carboxylic acids is 1. The molecule has 2 aromatic heterocycles. The molecule has 4 rings (SSSR count). The van der Waals surface area contributed by atoms with E-state index in [1.54, 1.807) is 6.20 Å². The Hall–Kier alpha value is -2.51. The molecule has 1 amide bonds. The molecule has 0 saturated carbocycles. The summed E-state index contributed by atoms with van der Waals surface area (Å²) in [6.45, 7) is 8.88. The fourth-order valence-corrected chi connectivity index (χ4v) is 4.58. The SMILES string of the molecule is C[C@@H]1CC[C@@H](C(=O)Nc2cc(-c3cccc(NC[C@@H]4CCOC(C)(C)C4)n3)ccn2)CN1. The normalized spacial score (nSPS) is 25.2. The highest BCUT2D eigenvalue weighted by atomic mass is 16.5. The minimum atomic E-state index is -0.0519. The van der Waals surface area contributed by atoms with Crippen LogP contribution in [0, 0.1) is 11.8 Å². The van der Waals surface area contributed by atoms with Crippen LogP contribution in [0.4, 0.5) is 11.6 Å². The zero-order valence-corrected chi connectivity index (χ0v) is 19.4. The Labute approximate surface area is 190 Å². The highest BCUT2D eigenvalue weighted by Gasteiger charge is 2.28. The average molecular weight is 438 g/mol.